The van der Waals surface area contributed by atoms with Crippen molar-refractivity contribution < 1.29 is 23.4 Å². The molecule has 0 unspecified atom stereocenters. The molecule has 2 aromatic rings. The molecule has 21 heavy (non-hydrogen) atoms. The van der Waals surface area contributed by atoms with E-state index in [1.165, 1.54) is 25.1 Å². The van der Waals surface area contributed by atoms with Gasteiger partial charge in [-0.2, -0.15) is 13.8 Å². The minimum absolute atomic E-state index is 0.260. The molecule has 0 bridgehead atoms. The number of carboxylic acid groups (broad SMARTS) is 1. The van der Waals surface area contributed by atoms with Crippen molar-refractivity contribution in [3.05, 3.63) is 42.1 Å². The number of hydrogen-bond acceptors (Lipinski definition) is 4. The summed E-state index contributed by atoms with van der Waals surface area (Å²) in [4.78, 5) is 19.8. The van der Waals surface area contributed by atoms with Crippen molar-refractivity contribution in [1.29, 1.82) is 0 Å². The van der Waals surface area contributed by atoms with Gasteiger partial charge in [-0.15, -0.1) is 0 Å². The zero-order valence-electron chi connectivity index (χ0n) is 10.9. The molecule has 0 radical (unpaired) electrons. The van der Waals surface area contributed by atoms with Crippen LogP contribution in [0.3, 0.4) is 0 Å². The van der Waals surface area contributed by atoms with Crippen LogP contribution >= 0.6 is 0 Å². The van der Waals surface area contributed by atoms with Crippen LogP contribution in [-0.2, 0) is 0 Å². The van der Waals surface area contributed by atoms with Crippen molar-refractivity contribution in [2.24, 2.45) is 0 Å². The molecule has 0 aliphatic carbocycles. The van der Waals surface area contributed by atoms with Crippen LogP contribution in [0.15, 0.2) is 36.4 Å². The normalized spacial score (nSPS) is 10.5. The number of alkyl halides is 2. The van der Waals surface area contributed by atoms with Gasteiger partial charge in [0.15, 0.2) is 0 Å². The van der Waals surface area contributed by atoms with E-state index in [4.69, 9.17) is 0 Å². The van der Waals surface area contributed by atoms with Crippen molar-refractivity contribution in [2.75, 3.05) is 4.90 Å². The molecule has 6 nitrogen and oxygen atoms in total. The Morgan fingerprint density at radius 1 is 1.29 bits per heavy atom. The Hall–Kier alpha value is -2.77. The summed E-state index contributed by atoms with van der Waals surface area (Å²) < 4.78 is 28.7. The Morgan fingerprint density at radius 2 is 1.95 bits per heavy atom. The number of amides is 1. The van der Waals surface area contributed by atoms with E-state index in [-0.39, 0.29) is 5.95 Å². The first kappa shape index (κ1) is 14.6. The molecule has 0 atom stereocenters. The topological polar surface area (TPSA) is 75.5 Å². The van der Waals surface area contributed by atoms with E-state index in [0.29, 0.717) is 11.4 Å². The van der Waals surface area contributed by atoms with E-state index in [9.17, 15) is 18.7 Å². The molecule has 110 valence electrons. The maximum Gasteiger partial charge on any atom is 0.418 e. The first-order chi connectivity index (χ1) is 9.97. The number of rotatable bonds is 4. The highest BCUT2D eigenvalue weighted by Gasteiger charge is 2.21. The van der Waals surface area contributed by atoms with E-state index in [0.717, 1.165) is 4.90 Å². The summed E-state index contributed by atoms with van der Waals surface area (Å²) in [6, 6.07) is 9.25. The van der Waals surface area contributed by atoms with Gasteiger partial charge in [0.05, 0.1) is 5.69 Å². The van der Waals surface area contributed by atoms with Crippen LogP contribution in [0.5, 0.6) is 5.88 Å². The SMILES string of the molecule is Cc1cc(OC(F)F)nc(N(C(=O)O)c2ccccc2)n1. The second-order valence-electron chi connectivity index (χ2n) is 3.98. The molecule has 1 N–H and O–H groups in total. The lowest BCUT2D eigenvalue weighted by atomic mass is 10.3. The zero-order valence-corrected chi connectivity index (χ0v) is 10.9. The predicted octanol–water partition coefficient (Wildman–Crippen LogP) is 3.20. The highest BCUT2D eigenvalue weighted by atomic mass is 19.3. The minimum Gasteiger partial charge on any atom is -0.464 e. The number of carbonyl (C=O) groups is 1. The largest absolute Gasteiger partial charge is 0.464 e. The number of hydrogen-bond donors (Lipinski definition) is 1. The molecule has 1 heterocycles. The maximum absolute atomic E-state index is 12.3. The number of aromatic nitrogens is 2. The monoisotopic (exact) mass is 295 g/mol. The molecule has 1 aromatic carbocycles. The van der Waals surface area contributed by atoms with E-state index in [2.05, 4.69) is 14.7 Å². The summed E-state index contributed by atoms with van der Waals surface area (Å²) in [6.07, 6.45) is -1.34. The van der Waals surface area contributed by atoms with Gasteiger partial charge in [-0.25, -0.2) is 14.7 Å². The number of ether oxygens (including phenoxy) is 1. The average molecular weight is 295 g/mol. The fourth-order valence-corrected chi connectivity index (χ4v) is 1.66. The van der Waals surface area contributed by atoms with Crippen molar-refractivity contribution in [3.63, 3.8) is 0 Å². The van der Waals surface area contributed by atoms with E-state index >= 15 is 0 Å². The molecule has 0 fully saturated rings. The lowest BCUT2D eigenvalue weighted by molar-refractivity contribution is -0.0528. The van der Waals surface area contributed by atoms with Gasteiger partial charge < -0.3 is 9.84 Å². The second-order valence-corrected chi connectivity index (χ2v) is 3.98. The van der Waals surface area contributed by atoms with Gasteiger partial charge in [-0.05, 0) is 19.1 Å². The van der Waals surface area contributed by atoms with Gasteiger partial charge in [0, 0.05) is 11.8 Å². The third-order valence-electron chi connectivity index (χ3n) is 2.43. The number of benzene rings is 1. The molecule has 0 aliphatic rings. The lowest BCUT2D eigenvalue weighted by Gasteiger charge is -2.18. The molecular weight excluding hydrogens is 284 g/mol. The van der Waals surface area contributed by atoms with Crippen molar-refractivity contribution in [2.45, 2.75) is 13.5 Å². The van der Waals surface area contributed by atoms with Gasteiger partial charge in [0.1, 0.15) is 0 Å². The third-order valence-corrected chi connectivity index (χ3v) is 2.43. The number of para-hydroxylation sites is 1. The molecule has 0 saturated carbocycles. The van der Waals surface area contributed by atoms with E-state index < -0.39 is 18.6 Å². The molecule has 0 spiro atoms. The first-order valence-electron chi connectivity index (χ1n) is 5.86. The minimum atomic E-state index is -3.05. The van der Waals surface area contributed by atoms with Crippen LogP contribution in [0.25, 0.3) is 0 Å². The van der Waals surface area contributed by atoms with Crippen LogP contribution in [0.2, 0.25) is 0 Å². The Morgan fingerprint density at radius 3 is 2.52 bits per heavy atom. The van der Waals surface area contributed by atoms with Crippen LogP contribution < -0.4 is 9.64 Å². The van der Waals surface area contributed by atoms with Gasteiger partial charge in [0.2, 0.25) is 11.8 Å². The summed E-state index contributed by atoms with van der Waals surface area (Å²) in [5.41, 5.74) is 0.594. The summed E-state index contributed by atoms with van der Waals surface area (Å²) in [6.45, 7) is -1.53. The number of halogens is 2. The summed E-state index contributed by atoms with van der Waals surface area (Å²) in [5, 5.41) is 9.30. The van der Waals surface area contributed by atoms with Gasteiger partial charge >= 0.3 is 12.7 Å². The van der Waals surface area contributed by atoms with E-state index in [1.807, 2.05) is 0 Å². The average Bonchev–Trinajstić information content (AvgIpc) is 2.38. The highest BCUT2D eigenvalue weighted by Crippen LogP contribution is 2.24. The molecule has 1 aromatic heterocycles. The van der Waals surface area contributed by atoms with Gasteiger partial charge in [0.25, 0.3) is 0 Å². The van der Waals surface area contributed by atoms with Crippen molar-refractivity contribution in [3.8, 4) is 5.88 Å². The summed E-state index contributed by atoms with van der Waals surface area (Å²) in [7, 11) is 0. The molecule has 0 aliphatic heterocycles. The van der Waals surface area contributed by atoms with Crippen LogP contribution in [0, 0.1) is 6.92 Å². The number of nitrogens with zero attached hydrogens (tertiary/aromatic N) is 3. The first-order valence-corrected chi connectivity index (χ1v) is 5.86. The van der Waals surface area contributed by atoms with Crippen LogP contribution in [0.4, 0.5) is 25.2 Å². The Bertz CT molecular complexity index is 638. The second kappa shape index (κ2) is 6.12. The molecule has 8 heteroatoms. The Kier molecular flexibility index (Phi) is 4.27. The smallest absolute Gasteiger partial charge is 0.418 e. The summed E-state index contributed by atoms with van der Waals surface area (Å²) in [5.74, 6) is -0.654. The fraction of sp³-hybridized carbons (Fsp3) is 0.154. The van der Waals surface area contributed by atoms with Crippen molar-refractivity contribution >= 4 is 17.7 Å². The van der Waals surface area contributed by atoms with Crippen LogP contribution in [0.1, 0.15) is 5.69 Å². The lowest BCUT2D eigenvalue weighted by Crippen LogP contribution is -2.26. The third kappa shape index (κ3) is 3.62. The Balaban J connectivity index is 2.46. The molecule has 0 saturated heterocycles. The Labute approximate surface area is 118 Å². The number of anilines is 2. The molecule has 2 rings (SSSR count). The number of aryl methyl sites for hydroxylation is 1. The highest BCUT2D eigenvalue weighted by molar-refractivity contribution is 5.92. The molecular formula is C13H11F2N3O3. The molecule has 1 amide bonds. The van der Waals surface area contributed by atoms with Crippen molar-refractivity contribution in [1.82, 2.24) is 9.97 Å². The zero-order chi connectivity index (χ0) is 15.4. The summed E-state index contributed by atoms with van der Waals surface area (Å²) >= 11 is 0. The maximum atomic E-state index is 12.3. The van der Waals surface area contributed by atoms with Gasteiger partial charge in [-0.1, -0.05) is 18.2 Å². The standard InChI is InChI=1S/C13H11F2N3O3/c1-8-7-10(21-11(14)15)17-12(16-8)18(13(19)20)9-5-3-2-4-6-9/h2-7,11H,1H3,(H,19,20). The van der Waals surface area contributed by atoms with E-state index in [1.54, 1.807) is 18.2 Å². The van der Waals surface area contributed by atoms with Crippen LogP contribution in [-0.4, -0.2) is 27.8 Å². The predicted molar refractivity (Wildman–Crippen MR) is 70.0 cm³/mol. The quantitative estimate of drug-likeness (QED) is 0.937. The van der Waals surface area contributed by atoms with Gasteiger partial charge in [-0.3, -0.25) is 0 Å². The fourth-order valence-electron chi connectivity index (χ4n) is 1.66.